The predicted octanol–water partition coefficient (Wildman–Crippen LogP) is -1.56. The van der Waals surface area contributed by atoms with Crippen molar-refractivity contribution in [3.63, 3.8) is 0 Å². The van der Waals surface area contributed by atoms with Gasteiger partial charge in [-0.3, -0.25) is 14.3 Å². The SMILES string of the molecule is Cn1c(NCCN)cc(=O)[nH]c1=O. The molecule has 4 N–H and O–H groups in total. The molecule has 0 amide bonds. The molecular weight excluding hydrogens is 172 g/mol. The van der Waals surface area contributed by atoms with Crippen LogP contribution in [0.3, 0.4) is 0 Å². The Hall–Kier alpha value is -1.56. The fourth-order valence-corrected chi connectivity index (χ4v) is 0.926. The van der Waals surface area contributed by atoms with E-state index in [4.69, 9.17) is 5.73 Å². The minimum Gasteiger partial charge on any atom is -0.370 e. The van der Waals surface area contributed by atoms with Crippen LogP contribution in [0.5, 0.6) is 0 Å². The second-order valence-corrected chi connectivity index (χ2v) is 2.60. The number of aromatic amines is 1. The average molecular weight is 184 g/mol. The van der Waals surface area contributed by atoms with Crippen molar-refractivity contribution in [3.8, 4) is 0 Å². The highest BCUT2D eigenvalue weighted by Gasteiger charge is 1.99. The highest BCUT2D eigenvalue weighted by molar-refractivity contribution is 5.33. The second kappa shape index (κ2) is 3.90. The van der Waals surface area contributed by atoms with Gasteiger partial charge in [-0.15, -0.1) is 0 Å². The molecule has 72 valence electrons. The van der Waals surface area contributed by atoms with Crippen molar-refractivity contribution in [3.05, 3.63) is 26.9 Å². The van der Waals surface area contributed by atoms with Gasteiger partial charge in [0.05, 0.1) is 0 Å². The van der Waals surface area contributed by atoms with E-state index in [1.165, 1.54) is 10.6 Å². The summed E-state index contributed by atoms with van der Waals surface area (Å²) in [4.78, 5) is 24.1. The van der Waals surface area contributed by atoms with Crippen LogP contribution in [0.1, 0.15) is 0 Å². The largest absolute Gasteiger partial charge is 0.370 e. The maximum Gasteiger partial charge on any atom is 0.329 e. The molecule has 0 aliphatic heterocycles. The fourth-order valence-electron chi connectivity index (χ4n) is 0.926. The molecule has 0 saturated heterocycles. The van der Waals surface area contributed by atoms with Gasteiger partial charge in [-0.2, -0.15) is 0 Å². The van der Waals surface area contributed by atoms with Gasteiger partial charge in [-0.25, -0.2) is 4.79 Å². The van der Waals surface area contributed by atoms with E-state index < -0.39 is 11.2 Å². The molecule has 6 heteroatoms. The van der Waals surface area contributed by atoms with Crippen molar-refractivity contribution in [1.29, 1.82) is 0 Å². The van der Waals surface area contributed by atoms with Gasteiger partial charge >= 0.3 is 5.69 Å². The van der Waals surface area contributed by atoms with Gasteiger partial charge in [0.2, 0.25) is 0 Å². The molecule has 1 aromatic rings. The summed E-state index contributed by atoms with van der Waals surface area (Å²) in [6.45, 7) is 0.970. The van der Waals surface area contributed by atoms with E-state index in [9.17, 15) is 9.59 Å². The van der Waals surface area contributed by atoms with Crippen molar-refractivity contribution in [2.45, 2.75) is 0 Å². The van der Waals surface area contributed by atoms with Gasteiger partial charge < -0.3 is 11.1 Å². The number of nitrogens with zero attached hydrogens (tertiary/aromatic N) is 1. The molecule has 0 aliphatic rings. The summed E-state index contributed by atoms with van der Waals surface area (Å²) < 4.78 is 1.32. The van der Waals surface area contributed by atoms with Gasteiger partial charge in [-0.05, 0) is 0 Å². The smallest absolute Gasteiger partial charge is 0.329 e. The summed E-state index contributed by atoms with van der Waals surface area (Å²) in [5.74, 6) is 0.471. The van der Waals surface area contributed by atoms with Crippen LogP contribution in [0.25, 0.3) is 0 Å². The van der Waals surface area contributed by atoms with Gasteiger partial charge in [0.1, 0.15) is 5.82 Å². The number of hydrogen-bond donors (Lipinski definition) is 3. The lowest BCUT2D eigenvalue weighted by molar-refractivity contribution is 0.798. The number of nitrogens with one attached hydrogen (secondary N) is 2. The van der Waals surface area contributed by atoms with E-state index >= 15 is 0 Å². The molecule has 0 spiro atoms. The number of rotatable bonds is 3. The topological polar surface area (TPSA) is 92.9 Å². The summed E-state index contributed by atoms with van der Waals surface area (Å²) in [6, 6.07) is 1.32. The number of hydrogen-bond acceptors (Lipinski definition) is 4. The van der Waals surface area contributed by atoms with Gasteiger partial charge in [0, 0.05) is 26.2 Å². The normalized spacial score (nSPS) is 10.0. The van der Waals surface area contributed by atoms with E-state index in [1.807, 2.05) is 0 Å². The molecule has 1 aromatic heterocycles. The van der Waals surface area contributed by atoms with Crippen molar-refractivity contribution < 1.29 is 0 Å². The Bertz CT molecular complexity index is 392. The van der Waals surface area contributed by atoms with E-state index in [2.05, 4.69) is 10.3 Å². The van der Waals surface area contributed by atoms with Crippen LogP contribution in [-0.4, -0.2) is 22.6 Å². The molecule has 0 unspecified atom stereocenters. The standard InChI is InChI=1S/C7H12N4O2/c1-11-5(9-3-2-8)4-6(12)10-7(11)13/h4,9H,2-3,8H2,1H3,(H,10,12,13). The van der Waals surface area contributed by atoms with E-state index in [-0.39, 0.29) is 0 Å². The van der Waals surface area contributed by atoms with Gasteiger partial charge in [-0.1, -0.05) is 0 Å². The Morgan fingerprint density at radius 1 is 1.62 bits per heavy atom. The molecule has 0 bridgehead atoms. The third kappa shape index (κ3) is 2.19. The highest BCUT2D eigenvalue weighted by atomic mass is 16.2. The zero-order valence-electron chi connectivity index (χ0n) is 7.33. The monoisotopic (exact) mass is 184 g/mol. The maximum atomic E-state index is 11.1. The molecule has 0 aliphatic carbocycles. The summed E-state index contributed by atoms with van der Waals surface area (Å²) >= 11 is 0. The minimum absolute atomic E-state index is 0.414. The summed E-state index contributed by atoms with van der Waals surface area (Å²) in [7, 11) is 1.57. The molecular formula is C7H12N4O2. The first-order valence-electron chi connectivity index (χ1n) is 3.89. The Morgan fingerprint density at radius 2 is 2.31 bits per heavy atom. The number of nitrogens with two attached hydrogens (primary N) is 1. The van der Waals surface area contributed by atoms with Crippen molar-refractivity contribution >= 4 is 5.82 Å². The minimum atomic E-state index is -0.438. The van der Waals surface area contributed by atoms with Crippen molar-refractivity contribution in [2.75, 3.05) is 18.4 Å². The Kier molecular flexibility index (Phi) is 2.86. The molecule has 1 heterocycles. The van der Waals surface area contributed by atoms with E-state index in [1.54, 1.807) is 7.05 Å². The second-order valence-electron chi connectivity index (χ2n) is 2.60. The summed E-state index contributed by atoms with van der Waals surface area (Å²) in [6.07, 6.45) is 0. The van der Waals surface area contributed by atoms with Gasteiger partial charge in [0.15, 0.2) is 0 Å². The molecule has 0 fully saturated rings. The first-order valence-corrected chi connectivity index (χ1v) is 3.89. The van der Waals surface area contributed by atoms with Crippen molar-refractivity contribution in [1.82, 2.24) is 9.55 Å². The fraction of sp³-hybridized carbons (Fsp3) is 0.429. The van der Waals surface area contributed by atoms with Crippen LogP contribution >= 0.6 is 0 Å². The summed E-state index contributed by atoms with van der Waals surface area (Å²) in [5.41, 5.74) is 4.41. The van der Waals surface area contributed by atoms with Crippen LogP contribution in [0.4, 0.5) is 5.82 Å². The van der Waals surface area contributed by atoms with Crippen LogP contribution in [0.15, 0.2) is 15.7 Å². The molecule has 0 saturated carbocycles. The lowest BCUT2D eigenvalue weighted by Crippen LogP contribution is -2.30. The highest BCUT2D eigenvalue weighted by Crippen LogP contribution is 1.95. The molecule has 0 aromatic carbocycles. The molecule has 0 atom stereocenters. The predicted molar refractivity (Wildman–Crippen MR) is 49.8 cm³/mol. The zero-order chi connectivity index (χ0) is 9.84. The molecule has 13 heavy (non-hydrogen) atoms. The van der Waals surface area contributed by atoms with E-state index in [0.29, 0.717) is 18.9 Å². The lowest BCUT2D eigenvalue weighted by Gasteiger charge is -2.07. The van der Waals surface area contributed by atoms with E-state index in [0.717, 1.165) is 0 Å². The Morgan fingerprint density at radius 3 is 2.92 bits per heavy atom. The Balaban J connectivity index is 3.06. The van der Waals surface area contributed by atoms with Gasteiger partial charge in [0.25, 0.3) is 5.56 Å². The summed E-state index contributed by atoms with van der Waals surface area (Å²) in [5, 5.41) is 2.86. The first kappa shape index (κ1) is 9.53. The van der Waals surface area contributed by atoms with Crippen LogP contribution < -0.4 is 22.3 Å². The van der Waals surface area contributed by atoms with Crippen LogP contribution in [-0.2, 0) is 7.05 Å². The average Bonchev–Trinajstić information content (AvgIpc) is 2.09. The Labute approximate surface area is 74.4 Å². The lowest BCUT2D eigenvalue weighted by atomic mass is 10.5. The third-order valence-corrected chi connectivity index (χ3v) is 1.61. The third-order valence-electron chi connectivity index (χ3n) is 1.61. The molecule has 0 radical (unpaired) electrons. The van der Waals surface area contributed by atoms with Crippen LogP contribution in [0, 0.1) is 0 Å². The maximum absolute atomic E-state index is 11.1. The molecule has 6 nitrogen and oxygen atoms in total. The number of H-pyrrole nitrogens is 1. The van der Waals surface area contributed by atoms with Crippen LogP contribution in [0.2, 0.25) is 0 Å². The number of anilines is 1. The quantitative estimate of drug-likeness (QED) is 0.530. The number of aromatic nitrogens is 2. The molecule has 1 rings (SSSR count). The zero-order valence-corrected chi connectivity index (χ0v) is 7.33. The van der Waals surface area contributed by atoms with Crippen molar-refractivity contribution in [2.24, 2.45) is 12.8 Å². The first-order chi connectivity index (χ1) is 6.15.